The highest BCUT2D eigenvalue weighted by Gasteiger charge is 2.37. The number of rotatable bonds is 2. The Kier molecular flexibility index (Phi) is 3.40. The Labute approximate surface area is 144 Å². The van der Waals surface area contributed by atoms with Gasteiger partial charge >= 0.3 is 0 Å². The molecule has 0 fully saturated rings. The number of aromatic amines is 1. The van der Waals surface area contributed by atoms with E-state index in [0.717, 1.165) is 16.8 Å². The van der Waals surface area contributed by atoms with Crippen LogP contribution in [0.1, 0.15) is 18.5 Å². The van der Waals surface area contributed by atoms with E-state index >= 15 is 0 Å². The van der Waals surface area contributed by atoms with Crippen LogP contribution in [0.5, 0.6) is 0 Å². The first-order chi connectivity index (χ1) is 11.5. The topological polar surface area (TPSA) is 66.1 Å². The number of aromatic nitrogens is 2. The van der Waals surface area contributed by atoms with Crippen molar-refractivity contribution in [3.63, 3.8) is 0 Å². The molecule has 1 aromatic heterocycles. The summed E-state index contributed by atoms with van der Waals surface area (Å²) in [5.41, 5.74) is 3.17. The number of para-hydroxylation sites is 1. The number of halogens is 1. The molecule has 0 amide bonds. The molecule has 0 saturated heterocycles. The number of anilines is 1. The normalized spacial score (nSPS) is 16.6. The van der Waals surface area contributed by atoms with Crippen LogP contribution < -0.4 is 4.31 Å². The van der Waals surface area contributed by atoms with Gasteiger partial charge < -0.3 is 0 Å². The van der Waals surface area contributed by atoms with E-state index in [-0.39, 0.29) is 10.9 Å². The van der Waals surface area contributed by atoms with Gasteiger partial charge in [0.2, 0.25) is 0 Å². The van der Waals surface area contributed by atoms with Crippen LogP contribution in [0.25, 0.3) is 11.3 Å². The highest BCUT2D eigenvalue weighted by molar-refractivity contribution is 7.92. The maximum atomic E-state index is 13.3. The zero-order chi connectivity index (χ0) is 16.9. The maximum absolute atomic E-state index is 13.3. The van der Waals surface area contributed by atoms with Gasteiger partial charge in [-0.2, -0.15) is 5.10 Å². The molecule has 3 aromatic rings. The van der Waals surface area contributed by atoms with Crippen LogP contribution >= 0.6 is 11.6 Å². The van der Waals surface area contributed by atoms with Crippen molar-refractivity contribution in [1.29, 1.82) is 0 Å². The van der Waals surface area contributed by atoms with Gasteiger partial charge in [-0.25, -0.2) is 8.42 Å². The summed E-state index contributed by atoms with van der Waals surface area (Å²) in [7, 11) is -3.73. The third kappa shape index (κ3) is 2.14. The van der Waals surface area contributed by atoms with Gasteiger partial charge in [-0.3, -0.25) is 9.40 Å². The molecule has 0 bridgehead atoms. The van der Waals surface area contributed by atoms with Gasteiger partial charge in [0, 0.05) is 16.1 Å². The molecule has 0 aliphatic carbocycles. The number of nitrogens with one attached hydrogen (secondary N) is 1. The van der Waals surface area contributed by atoms with Crippen LogP contribution in [-0.2, 0) is 10.0 Å². The predicted molar refractivity (Wildman–Crippen MR) is 93.6 cm³/mol. The van der Waals surface area contributed by atoms with Crippen molar-refractivity contribution in [3.8, 4) is 11.3 Å². The Bertz CT molecular complexity index is 1010. The molecule has 0 radical (unpaired) electrons. The molecule has 1 aliphatic rings. The summed E-state index contributed by atoms with van der Waals surface area (Å²) in [5, 5.41) is 7.56. The maximum Gasteiger partial charge on any atom is 0.264 e. The van der Waals surface area contributed by atoms with Crippen molar-refractivity contribution >= 4 is 27.3 Å². The average molecular weight is 360 g/mol. The zero-order valence-corrected chi connectivity index (χ0v) is 14.3. The zero-order valence-electron chi connectivity index (χ0n) is 12.8. The van der Waals surface area contributed by atoms with E-state index < -0.39 is 10.0 Å². The lowest BCUT2D eigenvalue weighted by atomic mass is 9.97. The van der Waals surface area contributed by atoms with Gasteiger partial charge in [0.25, 0.3) is 10.0 Å². The molecular formula is C17H14ClN3O2S. The van der Waals surface area contributed by atoms with Gasteiger partial charge in [-0.05, 0) is 37.3 Å². The van der Waals surface area contributed by atoms with E-state index in [4.69, 9.17) is 11.6 Å². The second-order valence-electron chi connectivity index (χ2n) is 5.65. The van der Waals surface area contributed by atoms with Crippen molar-refractivity contribution in [2.75, 3.05) is 4.31 Å². The second kappa shape index (κ2) is 5.36. The molecule has 7 heteroatoms. The Morgan fingerprint density at radius 3 is 2.58 bits per heavy atom. The lowest BCUT2D eigenvalue weighted by Gasteiger charge is -2.35. The number of sulfonamides is 1. The highest BCUT2D eigenvalue weighted by atomic mass is 35.5. The summed E-state index contributed by atoms with van der Waals surface area (Å²) in [6, 6.07) is 13.3. The number of hydrogen-bond acceptors (Lipinski definition) is 3. The molecule has 0 saturated carbocycles. The Morgan fingerprint density at radius 1 is 1.12 bits per heavy atom. The van der Waals surface area contributed by atoms with E-state index in [1.54, 1.807) is 18.3 Å². The minimum atomic E-state index is -3.73. The molecule has 1 atom stereocenters. The van der Waals surface area contributed by atoms with Crippen molar-refractivity contribution in [2.24, 2.45) is 0 Å². The minimum absolute atomic E-state index is 0.209. The van der Waals surface area contributed by atoms with E-state index in [2.05, 4.69) is 10.2 Å². The summed E-state index contributed by atoms with van der Waals surface area (Å²) in [6.07, 6.45) is 1.68. The third-order valence-corrected chi connectivity index (χ3v) is 6.40. The third-order valence-electron chi connectivity index (χ3n) is 4.25. The molecule has 4 rings (SSSR count). The number of hydrogen-bond donors (Lipinski definition) is 1. The molecular weight excluding hydrogens is 346 g/mol. The number of fused-ring (bicyclic) bond motifs is 3. The van der Waals surface area contributed by atoms with E-state index in [9.17, 15) is 8.42 Å². The smallest absolute Gasteiger partial charge is 0.264 e. The Morgan fingerprint density at radius 2 is 1.83 bits per heavy atom. The first kappa shape index (κ1) is 15.2. The lowest BCUT2D eigenvalue weighted by molar-refractivity contribution is 0.582. The molecule has 5 nitrogen and oxygen atoms in total. The monoisotopic (exact) mass is 359 g/mol. The van der Waals surface area contributed by atoms with E-state index in [1.165, 1.54) is 16.4 Å². The summed E-state index contributed by atoms with van der Waals surface area (Å²) < 4.78 is 28.0. The van der Waals surface area contributed by atoms with Crippen molar-refractivity contribution in [1.82, 2.24) is 10.2 Å². The van der Waals surface area contributed by atoms with Gasteiger partial charge in [0.05, 0.1) is 28.5 Å². The molecule has 2 aromatic carbocycles. The number of nitrogens with zero attached hydrogens (tertiary/aromatic N) is 2. The van der Waals surface area contributed by atoms with Crippen molar-refractivity contribution in [3.05, 3.63) is 65.3 Å². The van der Waals surface area contributed by atoms with Crippen molar-refractivity contribution < 1.29 is 8.42 Å². The molecule has 0 unspecified atom stereocenters. The van der Waals surface area contributed by atoms with Crippen LogP contribution in [-0.4, -0.2) is 18.6 Å². The Balaban J connectivity index is 1.94. The minimum Gasteiger partial charge on any atom is -0.277 e. The quantitative estimate of drug-likeness (QED) is 0.752. The summed E-state index contributed by atoms with van der Waals surface area (Å²) >= 11 is 5.89. The first-order valence-corrected chi connectivity index (χ1v) is 9.24. The number of benzene rings is 2. The average Bonchev–Trinajstić information content (AvgIpc) is 3.06. The molecule has 1 N–H and O–H groups in total. The second-order valence-corrected chi connectivity index (χ2v) is 7.90. The summed E-state index contributed by atoms with van der Waals surface area (Å²) in [5.74, 6) is 0. The first-order valence-electron chi connectivity index (χ1n) is 7.43. The van der Waals surface area contributed by atoms with Crippen LogP contribution in [0.4, 0.5) is 5.69 Å². The highest BCUT2D eigenvalue weighted by Crippen LogP contribution is 2.45. The predicted octanol–water partition coefficient (Wildman–Crippen LogP) is 4.00. The largest absolute Gasteiger partial charge is 0.277 e. The van der Waals surface area contributed by atoms with Crippen molar-refractivity contribution in [2.45, 2.75) is 17.9 Å². The Hall–Kier alpha value is -2.31. The fraction of sp³-hybridized carbons (Fsp3) is 0.118. The van der Waals surface area contributed by atoms with Crippen LogP contribution in [0.2, 0.25) is 5.02 Å². The van der Waals surface area contributed by atoms with Crippen LogP contribution in [0.15, 0.2) is 59.6 Å². The molecule has 2 heterocycles. The summed E-state index contributed by atoms with van der Waals surface area (Å²) in [4.78, 5) is 0.209. The SMILES string of the molecule is C[C@H]1c2cn[nH]c2-c2ccccc2N1S(=O)(=O)c1ccc(Cl)cc1. The summed E-state index contributed by atoms with van der Waals surface area (Å²) in [6.45, 7) is 1.86. The standard InChI is InChI=1S/C17H14ClN3O2S/c1-11-15-10-19-20-17(15)14-4-2-3-5-16(14)21(11)24(22,23)13-8-6-12(18)7-9-13/h2-11H,1H3,(H,19,20)/t11-/m0/s1. The fourth-order valence-corrected chi connectivity index (χ4v) is 4.88. The van der Waals surface area contributed by atoms with E-state index in [0.29, 0.717) is 10.7 Å². The molecule has 1 aliphatic heterocycles. The van der Waals surface area contributed by atoms with Crippen LogP contribution in [0.3, 0.4) is 0 Å². The van der Waals surface area contributed by atoms with Crippen LogP contribution in [0, 0.1) is 0 Å². The molecule has 24 heavy (non-hydrogen) atoms. The fourth-order valence-electron chi connectivity index (χ4n) is 3.10. The van der Waals surface area contributed by atoms with Gasteiger partial charge in [0.15, 0.2) is 0 Å². The van der Waals surface area contributed by atoms with Gasteiger partial charge in [-0.1, -0.05) is 29.8 Å². The number of H-pyrrole nitrogens is 1. The van der Waals surface area contributed by atoms with E-state index in [1.807, 2.05) is 31.2 Å². The van der Waals surface area contributed by atoms with Gasteiger partial charge in [0.1, 0.15) is 0 Å². The molecule has 0 spiro atoms. The molecule has 122 valence electrons. The van der Waals surface area contributed by atoms with Gasteiger partial charge in [-0.15, -0.1) is 0 Å². The lowest BCUT2D eigenvalue weighted by Crippen LogP contribution is -2.36.